The van der Waals surface area contributed by atoms with Gasteiger partial charge in [-0.1, -0.05) is 79.9 Å². The summed E-state index contributed by atoms with van der Waals surface area (Å²) in [5.41, 5.74) is 1.58. The SMILES string of the molecule is O=C(CCCCCN1C(=O)C=CC1=O)OC1CC(OC(=O)CCCCCN2C(=O)C=CC2=O)C(OCc2ccccc2)C(OC(=O)CCCCCN2C(=O)C=CC2=O)C1OCc1ccccc1. The predicted molar refractivity (Wildman–Crippen MR) is 237 cm³/mol. The zero-order valence-electron chi connectivity index (χ0n) is 37.4. The number of rotatable bonds is 27. The summed E-state index contributed by atoms with van der Waals surface area (Å²) >= 11 is 0. The van der Waals surface area contributed by atoms with Gasteiger partial charge in [0.1, 0.15) is 24.4 Å². The van der Waals surface area contributed by atoms with Gasteiger partial charge in [0.2, 0.25) is 0 Å². The average molecular weight is 924 g/mol. The van der Waals surface area contributed by atoms with E-state index in [2.05, 4.69) is 0 Å². The minimum absolute atomic E-state index is 0.0136. The second-order valence-corrected chi connectivity index (χ2v) is 16.7. The number of carbonyl (C=O) groups is 9. The molecule has 1 aliphatic carbocycles. The fourth-order valence-electron chi connectivity index (χ4n) is 8.18. The van der Waals surface area contributed by atoms with E-state index in [-0.39, 0.29) is 94.0 Å². The summed E-state index contributed by atoms with van der Waals surface area (Å²) in [6.45, 7) is 0.719. The molecule has 67 heavy (non-hydrogen) atoms. The molecular weight excluding hydrogens is 867 g/mol. The predicted octanol–water partition coefficient (Wildman–Crippen LogP) is 4.75. The monoisotopic (exact) mass is 923 g/mol. The number of amides is 6. The Morgan fingerprint density at radius 3 is 1.04 bits per heavy atom. The number of nitrogens with zero attached hydrogens (tertiary/aromatic N) is 3. The second-order valence-electron chi connectivity index (χ2n) is 16.7. The molecule has 4 aliphatic rings. The molecule has 0 aromatic heterocycles. The van der Waals surface area contributed by atoms with Gasteiger partial charge < -0.3 is 23.7 Å². The number of esters is 3. The number of imide groups is 3. The lowest BCUT2D eigenvalue weighted by Gasteiger charge is -2.44. The Kier molecular flexibility index (Phi) is 18.9. The molecule has 6 rings (SSSR count). The molecule has 1 saturated carbocycles. The van der Waals surface area contributed by atoms with Crippen molar-refractivity contribution in [3.8, 4) is 0 Å². The van der Waals surface area contributed by atoms with Crippen molar-refractivity contribution in [1.29, 1.82) is 0 Å². The molecular formula is C50H57N3O14. The van der Waals surface area contributed by atoms with Crippen LogP contribution in [0.25, 0.3) is 0 Å². The topological polar surface area (TPSA) is 209 Å². The molecule has 4 atom stereocenters. The molecule has 1 fully saturated rings. The Balaban J connectivity index is 1.17. The second kappa shape index (κ2) is 25.4. The summed E-state index contributed by atoms with van der Waals surface area (Å²) in [6.07, 6.45) is 5.70. The highest BCUT2D eigenvalue weighted by molar-refractivity contribution is 6.14. The van der Waals surface area contributed by atoms with E-state index in [1.54, 1.807) is 0 Å². The molecule has 0 radical (unpaired) electrons. The van der Waals surface area contributed by atoms with E-state index >= 15 is 0 Å². The van der Waals surface area contributed by atoms with Gasteiger partial charge in [0, 0.05) is 81.8 Å². The van der Waals surface area contributed by atoms with Crippen LogP contribution in [-0.2, 0) is 80.0 Å². The van der Waals surface area contributed by atoms with Gasteiger partial charge in [-0.3, -0.25) is 57.9 Å². The fraction of sp³-hybridized carbons (Fsp3) is 0.460. The standard InChI is InChI=1S/C50H57N3O14/c54-39-23-24-40(55)51(39)29-13-3-10-20-45(60)65-37-32-38(66-46(61)21-11-4-14-30-52-41(56)25-26-42(52)57)49(64-34-36-18-8-2-9-19-36)50(48(37)63-33-35-16-6-1-7-17-35)67-47(62)22-12-5-15-31-53-43(58)27-28-44(53)59/h1-2,6-9,16-19,23-28,37-38,48-50H,3-5,10-15,20-22,29-34H2. The molecule has 3 heterocycles. The third-order valence-corrected chi connectivity index (χ3v) is 11.7. The molecule has 4 unspecified atom stereocenters. The van der Waals surface area contributed by atoms with Crippen LogP contribution in [0.4, 0.5) is 0 Å². The number of hydrogen-bond donors (Lipinski definition) is 0. The summed E-state index contributed by atoms with van der Waals surface area (Å²) < 4.78 is 31.6. The van der Waals surface area contributed by atoms with E-state index < -0.39 is 48.4 Å². The van der Waals surface area contributed by atoms with Gasteiger partial charge in [0.15, 0.2) is 6.10 Å². The molecule has 0 saturated heterocycles. The van der Waals surface area contributed by atoms with Crippen LogP contribution in [0.5, 0.6) is 0 Å². The summed E-state index contributed by atoms with van der Waals surface area (Å²) in [5, 5.41) is 0. The number of ether oxygens (including phenoxy) is 5. The van der Waals surface area contributed by atoms with Crippen LogP contribution in [-0.4, -0.2) is 118 Å². The van der Waals surface area contributed by atoms with Gasteiger partial charge >= 0.3 is 17.9 Å². The van der Waals surface area contributed by atoms with Gasteiger partial charge in [0.25, 0.3) is 35.4 Å². The highest BCUT2D eigenvalue weighted by Crippen LogP contribution is 2.34. The Morgan fingerprint density at radius 2 is 0.716 bits per heavy atom. The van der Waals surface area contributed by atoms with E-state index in [0.29, 0.717) is 57.8 Å². The highest BCUT2D eigenvalue weighted by Gasteiger charge is 2.52. The van der Waals surface area contributed by atoms with Crippen molar-refractivity contribution in [1.82, 2.24) is 14.7 Å². The Morgan fingerprint density at radius 1 is 0.403 bits per heavy atom. The number of benzene rings is 2. The number of hydrogen-bond acceptors (Lipinski definition) is 14. The van der Waals surface area contributed by atoms with E-state index in [1.165, 1.54) is 36.5 Å². The van der Waals surface area contributed by atoms with Crippen LogP contribution in [0.3, 0.4) is 0 Å². The maximum absolute atomic E-state index is 13.8. The molecule has 2 aromatic rings. The molecule has 0 bridgehead atoms. The van der Waals surface area contributed by atoms with Crippen molar-refractivity contribution in [3.05, 3.63) is 108 Å². The lowest BCUT2D eigenvalue weighted by molar-refractivity contribution is -0.238. The lowest BCUT2D eigenvalue weighted by atomic mass is 9.86. The molecule has 3 aliphatic heterocycles. The van der Waals surface area contributed by atoms with Crippen LogP contribution in [0.1, 0.15) is 94.6 Å². The van der Waals surface area contributed by atoms with Crippen LogP contribution < -0.4 is 0 Å². The van der Waals surface area contributed by atoms with Crippen molar-refractivity contribution >= 4 is 53.4 Å². The van der Waals surface area contributed by atoms with Crippen LogP contribution in [0.15, 0.2) is 97.1 Å². The van der Waals surface area contributed by atoms with Crippen LogP contribution in [0.2, 0.25) is 0 Å². The van der Waals surface area contributed by atoms with E-state index in [9.17, 15) is 43.2 Å². The zero-order valence-corrected chi connectivity index (χ0v) is 37.4. The van der Waals surface area contributed by atoms with Crippen molar-refractivity contribution in [2.75, 3.05) is 19.6 Å². The number of carbonyl (C=O) groups excluding carboxylic acids is 9. The fourth-order valence-corrected chi connectivity index (χ4v) is 8.18. The zero-order chi connectivity index (χ0) is 47.5. The summed E-state index contributed by atoms with van der Waals surface area (Å²) in [5.74, 6) is -4.06. The largest absolute Gasteiger partial charge is 0.459 e. The Bertz CT molecular complexity index is 2020. The van der Waals surface area contributed by atoms with E-state index in [4.69, 9.17) is 23.7 Å². The molecule has 17 heteroatoms. The summed E-state index contributed by atoms with van der Waals surface area (Å²) in [6, 6.07) is 18.5. The molecule has 0 N–H and O–H groups in total. The van der Waals surface area contributed by atoms with Crippen molar-refractivity contribution < 1.29 is 66.8 Å². The van der Waals surface area contributed by atoms with Crippen LogP contribution in [0, 0.1) is 0 Å². The first-order valence-corrected chi connectivity index (χ1v) is 23.0. The maximum atomic E-state index is 13.8. The molecule has 17 nitrogen and oxygen atoms in total. The van der Waals surface area contributed by atoms with Gasteiger partial charge in [-0.15, -0.1) is 0 Å². The van der Waals surface area contributed by atoms with Gasteiger partial charge in [0.05, 0.1) is 13.2 Å². The van der Waals surface area contributed by atoms with E-state index in [0.717, 1.165) is 25.8 Å². The van der Waals surface area contributed by atoms with Crippen molar-refractivity contribution in [2.45, 2.75) is 127 Å². The van der Waals surface area contributed by atoms with Crippen LogP contribution >= 0.6 is 0 Å². The first kappa shape index (κ1) is 49.8. The highest BCUT2D eigenvalue weighted by atomic mass is 16.6. The minimum Gasteiger partial charge on any atom is -0.459 e. The number of unbranched alkanes of at least 4 members (excludes halogenated alkanes) is 6. The third kappa shape index (κ3) is 15.0. The Hall–Kier alpha value is -6.59. The first-order chi connectivity index (χ1) is 32.5. The summed E-state index contributed by atoms with van der Waals surface area (Å²) in [7, 11) is 0. The maximum Gasteiger partial charge on any atom is 0.306 e. The smallest absolute Gasteiger partial charge is 0.306 e. The van der Waals surface area contributed by atoms with Crippen molar-refractivity contribution in [2.24, 2.45) is 0 Å². The molecule has 2 aromatic carbocycles. The molecule has 0 spiro atoms. The van der Waals surface area contributed by atoms with E-state index in [1.807, 2.05) is 60.7 Å². The summed E-state index contributed by atoms with van der Waals surface area (Å²) in [4.78, 5) is 116. The average Bonchev–Trinajstić information content (AvgIpc) is 3.94. The Labute approximate surface area is 389 Å². The molecule has 356 valence electrons. The van der Waals surface area contributed by atoms with Gasteiger partial charge in [-0.2, -0.15) is 0 Å². The van der Waals surface area contributed by atoms with Gasteiger partial charge in [-0.25, -0.2) is 0 Å². The first-order valence-electron chi connectivity index (χ1n) is 23.0. The normalized spacial score (nSPS) is 21.3. The lowest BCUT2D eigenvalue weighted by Crippen LogP contribution is -2.61. The van der Waals surface area contributed by atoms with Crippen molar-refractivity contribution in [3.63, 3.8) is 0 Å². The minimum atomic E-state index is -1.25. The third-order valence-electron chi connectivity index (χ3n) is 11.7. The quantitative estimate of drug-likeness (QED) is 0.0513. The molecule has 6 amide bonds. The van der Waals surface area contributed by atoms with Gasteiger partial charge in [-0.05, 0) is 49.7 Å².